The number of unbranched alkanes of at least 4 members (excludes halogenated alkanes) is 20. The lowest BCUT2D eigenvalue weighted by Crippen LogP contribution is -2.37. The molecule has 0 radical (unpaired) electrons. The summed E-state index contributed by atoms with van der Waals surface area (Å²) in [4.78, 5) is 0. The van der Waals surface area contributed by atoms with Gasteiger partial charge in [-0.05, 0) is 31.7 Å². The Hall–Kier alpha value is -0.590. The minimum absolute atomic E-state index is 0.396. The summed E-state index contributed by atoms with van der Waals surface area (Å²) in [6.07, 6.45) is 32.3. The SMILES string of the molecule is CCCCCCCCP(=O)(CCCCCCCC)Cc1cccc(CP(=O)(CCCCCCCC)CCCCCCCC)[n+]1[O-]. The minimum Gasteiger partial charge on any atom is -0.618 e. The van der Waals surface area contributed by atoms with E-state index in [2.05, 4.69) is 27.7 Å². The summed E-state index contributed by atoms with van der Waals surface area (Å²) in [5.41, 5.74) is 1.27. The van der Waals surface area contributed by atoms with E-state index >= 15 is 0 Å². The summed E-state index contributed by atoms with van der Waals surface area (Å²) >= 11 is 0. The molecule has 6 heteroatoms. The van der Waals surface area contributed by atoms with Gasteiger partial charge in [0.1, 0.15) is 0 Å². The van der Waals surface area contributed by atoms with Crippen LogP contribution in [0.3, 0.4) is 0 Å². The molecule has 0 aliphatic rings. The van der Waals surface area contributed by atoms with Gasteiger partial charge in [0.2, 0.25) is 0 Å². The Morgan fingerprint density at radius 3 is 0.956 bits per heavy atom. The van der Waals surface area contributed by atoms with E-state index in [9.17, 15) is 14.3 Å². The van der Waals surface area contributed by atoms with Crippen molar-refractivity contribution in [1.29, 1.82) is 0 Å². The molecule has 0 N–H and O–H groups in total. The molecule has 1 aromatic rings. The predicted octanol–water partition coefficient (Wildman–Crippen LogP) is 13.5. The Morgan fingerprint density at radius 1 is 0.444 bits per heavy atom. The Labute approximate surface area is 281 Å². The molecule has 1 aromatic heterocycles. The zero-order valence-electron chi connectivity index (χ0n) is 30.5. The molecule has 0 saturated heterocycles. The molecule has 0 aromatic carbocycles. The topological polar surface area (TPSA) is 61.1 Å². The summed E-state index contributed by atoms with van der Waals surface area (Å²) in [5.74, 6) is 0. The molecular formula is C39H75NO3P2. The van der Waals surface area contributed by atoms with Crippen LogP contribution in [0.1, 0.15) is 193 Å². The van der Waals surface area contributed by atoms with E-state index < -0.39 is 14.3 Å². The molecule has 1 rings (SSSR count). The number of aromatic nitrogens is 1. The van der Waals surface area contributed by atoms with Crippen LogP contribution in [0.2, 0.25) is 0 Å². The van der Waals surface area contributed by atoms with Crippen LogP contribution in [-0.2, 0) is 21.5 Å². The molecule has 0 amide bonds. The van der Waals surface area contributed by atoms with Crippen molar-refractivity contribution in [2.75, 3.05) is 24.6 Å². The average Bonchev–Trinajstić information content (AvgIpc) is 3.02. The molecule has 0 spiro atoms. The third-order valence-corrected chi connectivity index (χ3v) is 16.0. The van der Waals surface area contributed by atoms with Crippen molar-refractivity contribution in [2.45, 2.75) is 194 Å². The van der Waals surface area contributed by atoms with Crippen molar-refractivity contribution in [3.05, 3.63) is 34.8 Å². The molecule has 264 valence electrons. The summed E-state index contributed by atoms with van der Waals surface area (Å²) in [6, 6.07) is 5.73. The molecular weight excluding hydrogens is 592 g/mol. The highest BCUT2D eigenvalue weighted by molar-refractivity contribution is 7.63. The van der Waals surface area contributed by atoms with Crippen LogP contribution in [0, 0.1) is 5.21 Å². The fourth-order valence-corrected chi connectivity index (χ4v) is 12.6. The highest BCUT2D eigenvalue weighted by Gasteiger charge is 2.30. The number of nitrogens with zero attached hydrogens (tertiary/aromatic N) is 1. The molecule has 0 aliphatic carbocycles. The molecule has 1 heterocycles. The lowest BCUT2D eigenvalue weighted by molar-refractivity contribution is -0.620. The normalized spacial score (nSPS) is 12.3. The Kier molecular flexibility index (Phi) is 25.8. The largest absolute Gasteiger partial charge is 0.618 e. The molecule has 0 atom stereocenters. The van der Waals surface area contributed by atoms with Gasteiger partial charge in [-0.15, -0.1) is 0 Å². The number of hydrogen-bond donors (Lipinski definition) is 0. The van der Waals surface area contributed by atoms with Crippen molar-refractivity contribution in [3.8, 4) is 0 Å². The van der Waals surface area contributed by atoms with Gasteiger partial charge in [0.05, 0.1) is 26.6 Å². The minimum atomic E-state index is -2.50. The second-order valence-corrected chi connectivity index (χ2v) is 20.9. The highest BCUT2D eigenvalue weighted by Crippen LogP contribution is 2.52. The number of hydrogen-bond acceptors (Lipinski definition) is 3. The third-order valence-electron chi connectivity index (χ3n) is 9.68. The first kappa shape index (κ1) is 42.4. The fourth-order valence-electron chi connectivity index (χ4n) is 6.68. The molecule has 0 fully saturated rings. The molecule has 0 saturated carbocycles. The zero-order chi connectivity index (χ0) is 33.1. The van der Waals surface area contributed by atoms with Crippen LogP contribution in [0.4, 0.5) is 0 Å². The first-order valence-electron chi connectivity index (χ1n) is 19.7. The Bertz CT molecular complexity index is 825. The summed E-state index contributed by atoms with van der Waals surface area (Å²) < 4.78 is 29.8. The average molecular weight is 668 g/mol. The molecule has 0 unspecified atom stereocenters. The van der Waals surface area contributed by atoms with Gasteiger partial charge in [-0.2, -0.15) is 4.73 Å². The van der Waals surface area contributed by atoms with Crippen molar-refractivity contribution >= 4 is 14.3 Å². The smallest absolute Gasteiger partial charge is 0.200 e. The van der Waals surface area contributed by atoms with Crippen molar-refractivity contribution < 1.29 is 13.9 Å². The molecule has 4 nitrogen and oxygen atoms in total. The van der Waals surface area contributed by atoms with Gasteiger partial charge < -0.3 is 14.3 Å². The van der Waals surface area contributed by atoms with Gasteiger partial charge >= 0.3 is 0 Å². The quantitative estimate of drug-likeness (QED) is 0.0332. The van der Waals surface area contributed by atoms with E-state index in [-0.39, 0.29) is 0 Å². The van der Waals surface area contributed by atoms with Gasteiger partial charge in [-0.1, -0.05) is 156 Å². The van der Waals surface area contributed by atoms with Gasteiger partial charge in [0.25, 0.3) is 0 Å². The van der Waals surface area contributed by atoms with Gasteiger partial charge in [-0.3, -0.25) is 0 Å². The third kappa shape index (κ3) is 21.1. The van der Waals surface area contributed by atoms with Crippen molar-refractivity contribution in [2.24, 2.45) is 0 Å². The molecule has 0 aliphatic heterocycles. The molecule has 0 bridgehead atoms. The summed E-state index contributed by atoms with van der Waals surface area (Å²) in [5, 5.41) is 13.8. The van der Waals surface area contributed by atoms with E-state index in [1.807, 2.05) is 18.2 Å². The van der Waals surface area contributed by atoms with Crippen LogP contribution in [0.15, 0.2) is 18.2 Å². The molecule has 45 heavy (non-hydrogen) atoms. The zero-order valence-corrected chi connectivity index (χ0v) is 32.3. The van der Waals surface area contributed by atoms with E-state index in [0.29, 0.717) is 23.7 Å². The summed E-state index contributed by atoms with van der Waals surface area (Å²) in [6.45, 7) is 8.96. The van der Waals surface area contributed by atoms with Gasteiger partial charge in [0.15, 0.2) is 11.4 Å². The lowest BCUT2D eigenvalue weighted by Gasteiger charge is -2.21. The first-order valence-corrected chi connectivity index (χ1v) is 24.2. The lowest BCUT2D eigenvalue weighted by atomic mass is 10.1. The maximum absolute atomic E-state index is 14.4. The number of pyridine rings is 1. The van der Waals surface area contributed by atoms with Crippen molar-refractivity contribution in [3.63, 3.8) is 0 Å². The Morgan fingerprint density at radius 2 is 0.689 bits per heavy atom. The van der Waals surface area contributed by atoms with Gasteiger partial charge in [0, 0.05) is 36.8 Å². The highest BCUT2D eigenvalue weighted by atomic mass is 31.2. The monoisotopic (exact) mass is 668 g/mol. The van der Waals surface area contributed by atoms with Crippen LogP contribution in [-0.4, -0.2) is 24.6 Å². The Balaban J connectivity index is 2.98. The van der Waals surface area contributed by atoms with E-state index in [4.69, 9.17) is 0 Å². The second kappa shape index (κ2) is 27.4. The van der Waals surface area contributed by atoms with Crippen molar-refractivity contribution in [1.82, 2.24) is 0 Å². The maximum atomic E-state index is 14.4. The van der Waals surface area contributed by atoms with E-state index in [1.165, 1.54) is 103 Å². The summed E-state index contributed by atoms with van der Waals surface area (Å²) in [7, 11) is -5.01. The van der Waals surface area contributed by atoms with E-state index in [0.717, 1.165) is 80.7 Å². The standard InChI is InChI=1S/C39H75NO3P2/c1-5-9-13-17-21-25-32-44(42,33-26-22-18-14-10-6-2)36-38-30-29-31-39(40(38)41)37-45(43,34-27-23-19-15-11-7-3)35-28-24-20-16-12-8-4/h29-31H,5-28,32-37H2,1-4H3. The van der Waals surface area contributed by atoms with Crippen LogP contribution in [0.5, 0.6) is 0 Å². The van der Waals surface area contributed by atoms with Crippen LogP contribution < -0.4 is 4.73 Å². The fraction of sp³-hybridized carbons (Fsp3) is 0.872. The van der Waals surface area contributed by atoms with Crippen LogP contribution in [0.25, 0.3) is 0 Å². The van der Waals surface area contributed by atoms with Crippen LogP contribution >= 0.6 is 14.3 Å². The van der Waals surface area contributed by atoms with E-state index in [1.54, 1.807) is 0 Å². The first-order chi connectivity index (χ1) is 21.8. The maximum Gasteiger partial charge on any atom is 0.200 e. The van der Waals surface area contributed by atoms with Gasteiger partial charge in [-0.25, -0.2) is 0 Å². The number of rotatable bonds is 32. The second-order valence-electron chi connectivity index (χ2n) is 14.2. The predicted molar refractivity (Wildman–Crippen MR) is 201 cm³/mol.